The van der Waals surface area contributed by atoms with E-state index in [1.165, 1.54) is 0 Å². The van der Waals surface area contributed by atoms with Crippen molar-refractivity contribution < 1.29 is 5.11 Å². The first-order chi connectivity index (χ1) is 7.72. The summed E-state index contributed by atoms with van der Waals surface area (Å²) in [5.74, 6) is 0. The van der Waals surface area contributed by atoms with Crippen LogP contribution in [0.2, 0.25) is 5.02 Å². The van der Waals surface area contributed by atoms with Gasteiger partial charge in [-0.3, -0.25) is 0 Å². The maximum Gasteiger partial charge on any atom is 0.0472 e. The van der Waals surface area contributed by atoms with Crippen molar-refractivity contribution in [2.75, 3.05) is 12.3 Å². The Morgan fingerprint density at radius 1 is 1.38 bits per heavy atom. The van der Waals surface area contributed by atoms with Gasteiger partial charge in [0.1, 0.15) is 0 Å². The Morgan fingerprint density at radius 3 is 2.81 bits per heavy atom. The number of nitrogens with two attached hydrogens (primary N) is 1. The highest BCUT2D eigenvalue weighted by molar-refractivity contribution is 7.08. The average molecular weight is 254 g/mol. The van der Waals surface area contributed by atoms with Crippen LogP contribution in [-0.2, 0) is 6.42 Å². The predicted molar refractivity (Wildman–Crippen MR) is 70.0 cm³/mol. The van der Waals surface area contributed by atoms with E-state index in [-0.39, 0.29) is 6.61 Å². The summed E-state index contributed by atoms with van der Waals surface area (Å²) in [6.07, 6.45) is 0.531. The lowest BCUT2D eigenvalue weighted by Gasteiger charge is -2.10. The number of halogens is 1. The molecule has 2 nitrogen and oxygen atoms in total. The Kier molecular flexibility index (Phi) is 3.49. The molecule has 0 fully saturated rings. The van der Waals surface area contributed by atoms with E-state index >= 15 is 0 Å². The van der Waals surface area contributed by atoms with Crippen molar-refractivity contribution in [3.8, 4) is 11.1 Å². The minimum atomic E-state index is 0.0770. The molecule has 4 heteroatoms. The van der Waals surface area contributed by atoms with E-state index in [0.717, 1.165) is 16.7 Å². The monoisotopic (exact) mass is 253 g/mol. The SMILES string of the molecule is Nc1c(CCO)cc(Cl)cc1-c1ccsc1. The highest BCUT2D eigenvalue weighted by Crippen LogP contribution is 2.33. The quantitative estimate of drug-likeness (QED) is 0.826. The number of anilines is 1. The Morgan fingerprint density at radius 2 is 2.19 bits per heavy atom. The molecule has 84 valence electrons. The lowest BCUT2D eigenvalue weighted by atomic mass is 10.0. The molecule has 0 saturated carbocycles. The van der Waals surface area contributed by atoms with Crippen LogP contribution in [-0.4, -0.2) is 11.7 Å². The number of thiophene rings is 1. The van der Waals surface area contributed by atoms with Crippen molar-refractivity contribution in [2.24, 2.45) is 0 Å². The van der Waals surface area contributed by atoms with Gasteiger partial charge in [-0.1, -0.05) is 11.6 Å². The van der Waals surface area contributed by atoms with Gasteiger partial charge in [-0.05, 0) is 46.5 Å². The fraction of sp³-hybridized carbons (Fsp3) is 0.167. The zero-order valence-corrected chi connectivity index (χ0v) is 10.2. The van der Waals surface area contributed by atoms with Gasteiger partial charge in [0.2, 0.25) is 0 Å². The van der Waals surface area contributed by atoms with Gasteiger partial charge in [-0.25, -0.2) is 0 Å². The van der Waals surface area contributed by atoms with E-state index in [1.54, 1.807) is 11.3 Å². The smallest absolute Gasteiger partial charge is 0.0472 e. The van der Waals surface area contributed by atoms with Gasteiger partial charge in [0.15, 0.2) is 0 Å². The second-order valence-electron chi connectivity index (χ2n) is 3.51. The Labute approximate surface area is 103 Å². The number of hydrogen-bond acceptors (Lipinski definition) is 3. The number of hydrogen-bond donors (Lipinski definition) is 2. The molecule has 0 aliphatic rings. The molecular weight excluding hydrogens is 242 g/mol. The Hall–Kier alpha value is -1.03. The van der Waals surface area contributed by atoms with Gasteiger partial charge in [0.05, 0.1) is 0 Å². The van der Waals surface area contributed by atoms with E-state index in [1.807, 2.05) is 29.0 Å². The van der Waals surface area contributed by atoms with Gasteiger partial charge < -0.3 is 10.8 Å². The van der Waals surface area contributed by atoms with E-state index < -0.39 is 0 Å². The van der Waals surface area contributed by atoms with Crippen molar-refractivity contribution >= 4 is 28.6 Å². The molecule has 2 rings (SSSR count). The molecule has 1 aromatic carbocycles. The minimum Gasteiger partial charge on any atom is -0.398 e. The van der Waals surface area contributed by atoms with E-state index in [2.05, 4.69) is 0 Å². The van der Waals surface area contributed by atoms with E-state index in [4.69, 9.17) is 22.4 Å². The summed E-state index contributed by atoms with van der Waals surface area (Å²) in [7, 11) is 0. The molecule has 1 aromatic heterocycles. The number of aliphatic hydroxyl groups excluding tert-OH is 1. The number of rotatable bonds is 3. The third-order valence-corrected chi connectivity index (χ3v) is 3.35. The molecule has 3 N–H and O–H groups in total. The standard InChI is InChI=1S/C12H12ClNOS/c13-10-5-8(1-3-15)12(14)11(6-10)9-2-4-16-7-9/h2,4-7,15H,1,3,14H2. The minimum absolute atomic E-state index is 0.0770. The molecule has 0 aliphatic carbocycles. The van der Waals surface area contributed by atoms with Crippen LogP contribution in [0, 0.1) is 0 Å². The van der Waals surface area contributed by atoms with Crippen molar-refractivity contribution in [1.82, 2.24) is 0 Å². The van der Waals surface area contributed by atoms with Crippen LogP contribution in [0.25, 0.3) is 11.1 Å². The number of benzene rings is 1. The van der Waals surface area contributed by atoms with E-state index in [0.29, 0.717) is 17.1 Å². The zero-order valence-electron chi connectivity index (χ0n) is 8.61. The molecule has 0 atom stereocenters. The fourth-order valence-corrected chi connectivity index (χ4v) is 2.56. The molecule has 0 spiro atoms. The molecular formula is C12H12ClNOS. The van der Waals surface area contributed by atoms with Crippen LogP contribution in [0.1, 0.15) is 5.56 Å². The third kappa shape index (κ3) is 2.21. The van der Waals surface area contributed by atoms with Crippen LogP contribution >= 0.6 is 22.9 Å². The van der Waals surface area contributed by atoms with Gasteiger partial charge >= 0.3 is 0 Å². The first-order valence-electron chi connectivity index (χ1n) is 4.93. The van der Waals surface area contributed by atoms with Crippen LogP contribution < -0.4 is 5.73 Å². The third-order valence-electron chi connectivity index (χ3n) is 2.44. The van der Waals surface area contributed by atoms with Crippen LogP contribution in [0.4, 0.5) is 5.69 Å². The van der Waals surface area contributed by atoms with Gasteiger partial charge in [-0.2, -0.15) is 11.3 Å². The summed E-state index contributed by atoms with van der Waals surface area (Å²) in [4.78, 5) is 0. The zero-order chi connectivity index (χ0) is 11.5. The summed E-state index contributed by atoms with van der Waals surface area (Å²) in [5, 5.41) is 13.6. The fourth-order valence-electron chi connectivity index (χ4n) is 1.66. The average Bonchev–Trinajstić information content (AvgIpc) is 2.76. The largest absolute Gasteiger partial charge is 0.398 e. The summed E-state index contributed by atoms with van der Waals surface area (Å²) in [6.45, 7) is 0.0770. The summed E-state index contributed by atoms with van der Waals surface area (Å²) in [5.41, 5.74) is 9.68. The molecule has 0 amide bonds. The van der Waals surface area contributed by atoms with Gasteiger partial charge in [-0.15, -0.1) is 0 Å². The molecule has 0 unspecified atom stereocenters. The Bertz CT molecular complexity index is 482. The number of nitrogen functional groups attached to an aromatic ring is 1. The van der Waals surface area contributed by atoms with Crippen LogP contribution in [0.15, 0.2) is 29.0 Å². The van der Waals surface area contributed by atoms with Crippen molar-refractivity contribution in [3.63, 3.8) is 0 Å². The molecule has 0 radical (unpaired) electrons. The topological polar surface area (TPSA) is 46.2 Å². The van der Waals surface area contributed by atoms with Crippen molar-refractivity contribution in [1.29, 1.82) is 0 Å². The van der Waals surface area contributed by atoms with Gasteiger partial charge in [0, 0.05) is 22.9 Å². The highest BCUT2D eigenvalue weighted by Gasteiger charge is 2.09. The summed E-state index contributed by atoms with van der Waals surface area (Å²) in [6, 6.07) is 5.68. The van der Waals surface area contributed by atoms with Crippen LogP contribution in [0.5, 0.6) is 0 Å². The molecule has 2 aromatic rings. The first kappa shape index (κ1) is 11.5. The van der Waals surface area contributed by atoms with Crippen molar-refractivity contribution in [2.45, 2.75) is 6.42 Å². The molecule has 0 saturated heterocycles. The maximum absolute atomic E-state index is 8.96. The van der Waals surface area contributed by atoms with Crippen LogP contribution in [0.3, 0.4) is 0 Å². The van der Waals surface area contributed by atoms with Crippen molar-refractivity contribution in [3.05, 3.63) is 39.5 Å². The predicted octanol–water partition coefficient (Wildman–Crippen LogP) is 3.19. The number of aliphatic hydroxyl groups is 1. The maximum atomic E-state index is 8.96. The Balaban J connectivity index is 2.53. The van der Waals surface area contributed by atoms with Gasteiger partial charge in [0.25, 0.3) is 0 Å². The molecule has 0 bridgehead atoms. The molecule has 1 heterocycles. The second kappa shape index (κ2) is 4.87. The lowest BCUT2D eigenvalue weighted by Crippen LogP contribution is -1.99. The lowest BCUT2D eigenvalue weighted by molar-refractivity contribution is 0.300. The van der Waals surface area contributed by atoms with E-state index in [9.17, 15) is 0 Å². The second-order valence-corrected chi connectivity index (χ2v) is 4.73. The summed E-state index contributed by atoms with van der Waals surface area (Å²) >= 11 is 7.66. The normalized spacial score (nSPS) is 10.6. The first-order valence-corrected chi connectivity index (χ1v) is 6.26. The molecule has 0 aliphatic heterocycles. The highest BCUT2D eigenvalue weighted by atomic mass is 35.5. The summed E-state index contributed by atoms with van der Waals surface area (Å²) < 4.78 is 0. The molecule has 16 heavy (non-hydrogen) atoms.